The molecule has 2 aliphatic rings. The van der Waals surface area contributed by atoms with Gasteiger partial charge in [0.1, 0.15) is 18.1 Å². The van der Waals surface area contributed by atoms with E-state index in [1.807, 2.05) is 30.3 Å². The van der Waals surface area contributed by atoms with Crippen molar-refractivity contribution in [1.29, 1.82) is 0 Å². The van der Waals surface area contributed by atoms with Crippen LogP contribution in [-0.4, -0.2) is 87.5 Å². The molecular formula is C21H31N3O5. The average molecular weight is 405 g/mol. The average Bonchev–Trinajstić information content (AvgIpc) is 2.69. The first-order valence-electron chi connectivity index (χ1n) is 10.2. The van der Waals surface area contributed by atoms with Crippen LogP contribution in [0.5, 0.6) is 0 Å². The standard InChI is InChI=1S/C21H31N3O5/c22-20(28)17-8-10-23(13-18(17)27)19(14-25)21(29,11-15-5-2-1-3-6-15)24-9-4-7-16(26)12-24/h1-3,5-6,14,16-19,26-27,29H,4,7-13H2,(H2,22,28)/t16?,17?,18?,19-,21-/m0/s1. The van der Waals surface area contributed by atoms with Gasteiger partial charge in [0.2, 0.25) is 5.91 Å². The van der Waals surface area contributed by atoms with Gasteiger partial charge in [-0.25, -0.2) is 0 Å². The van der Waals surface area contributed by atoms with Crippen molar-refractivity contribution in [1.82, 2.24) is 9.80 Å². The van der Waals surface area contributed by atoms with Gasteiger partial charge in [-0.05, 0) is 31.4 Å². The number of carbonyl (C=O) groups is 2. The highest BCUT2D eigenvalue weighted by Crippen LogP contribution is 2.31. The Morgan fingerprint density at radius 1 is 1.21 bits per heavy atom. The molecule has 2 saturated heterocycles. The number of nitrogens with zero attached hydrogens (tertiary/aromatic N) is 2. The molecule has 2 aliphatic heterocycles. The SMILES string of the molecule is NC(=O)C1CCN([C@@H](C=O)[C@@](O)(Cc2ccccc2)N2CCCC(O)C2)CC1O. The fourth-order valence-electron chi connectivity index (χ4n) is 4.63. The molecule has 1 aromatic rings. The van der Waals surface area contributed by atoms with Crippen LogP contribution in [0.4, 0.5) is 0 Å². The van der Waals surface area contributed by atoms with Gasteiger partial charge in [0.15, 0.2) is 0 Å². The highest BCUT2D eigenvalue weighted by Gasteiger charge is 2.48. The Labute approximate surface area is 170 Å². The molecule has 2 heterocycles. The maximum absolute atomic E-state index is 12.2. The molecule has 0 aromatic heterocycles. The minimum atomic E-state index is -1.55. The highest BCUT2D eigenvalue weighted by atomic mass is 16.3. The summed E-state index contributed by atoms with van der Waals surface area (Å²) in [5, 5.41) is 32.4. The fourth-order valence-corrected chi connectivity index (χ4v) is 4.63. The van der Waals surface area contributed by atoms with E-state index >= 15 is 0 Å². The van der Waals surface area contributed by atoms with Crippen LogP contribution in [0.2, 0.25) is 0 Å². The minimum Gasteiger partial charge on any atom is -0.392 e. The van der Waals surface area contributed by atoms with Crippen LogP contribution in [0.25, 0.3) is 0 Å². The van der Waals surface area contributed by atoms with E-state index in [1.54, 1.807) is 9.80 Å². The van der Waals surface area contributed by atoms with Gasteiger partial charge in [-0.15, -0.1) is 0 Å². The molecule has 2 fully saturated rings. The maximum atomic E-state index is 12.2. The largest absolute Gasteiger partial charge is 0.392 e. The molecule has 160 valence electrons. The first-order chi connectivity index (χ1) is 13.8. The number of aliphatic hydroxyl groups excluding tert-OH is 2. The van der Waals surface area contributed by atoms with Crippen molar-refractivity contribution in [3.63, 3.8) is 0 Å². The molecule has 0 bridgehead atoms. The van der Waals surface area contributed by atoms with Crippen molar-refractivity contribution in [2.24, 2.45) is 11.7 Å². The summed E-state index contributed by atoms with van der Waals surface area (Å²) >= 11 is 0. The highest BCUT2D eigenvalue weighted by molar-refractivity contribution is 5.77. The third-order valence-electron chi connectivity index (χ3n) is 6.23. The third kappa shape index (κ3) is 4.84. The quantitative estimate of drug-likeness (QED) is 0.433. The van der Waals surface area contributed by atoms with Crippen molar-refractivity contribution in [3.8, 4) is 0 Å². The first kappa shape index (κ1) is 21.9. The van der Waals surface area contributed by atoms with E-state index in [0.717, 1.165) is 12.0 Å². The predicted octanol–water partition coefficient (Wildman–Crippen LogP) is -0.890. The number of piperidine rings is 2. The van der Waals surface area contributed by atoms with E-state index < -0.39 is 35.8 Å². The Kier molecular flexibility index (Phi) is 7.02. The molecule has 5 atom stereocenters. The number of carbonyl (C=O) groups excluding carboxylic acids is 2. The van der Waals surface area contributed by atoms with Gasteiger partial charge in [-0.3, -0.25) is 14.6 Å². The number of hydrogen-bond acceptors (Lipinski definition) is 7. The summed E-state index contributed by atoms with van der Waals surface area (Å²) < 4.78 is 0. The molecule has 8 heteroatoms. The number of aldehydes is 1. The summed E-state index contributed by atoms with van der Waals surface area (Å²) in [6.45, 7) is 1.27. The van der Waals surface area contributed by atoms with Crippen LogP contribution in [0.3, 0.4) is 0 Å². The fraction of sp³-hybridized carbons (Fsp3) is 0.619. The lowest BCUT2D eigenvalue weighted by Gasteiger charge is -2.50. The van der Waals surface area contributed by atoms with E-state index in [1.165, 1.54) is 0 Å². The monoisotopic (exact) mass is 405 g/mol. The van der Waals surface area contributed by atoms with Crippen LogP contribution in [0.1, 0.15) is 24.8 Å². The number of amides is 1. The van der Waals surface area contributed by atoms with Crippen LogP contribution < -0.4 is 5.73 Å². The van der Waals surface area contributed by atoms with Crippen LogP contribution in [0.15, 0.2) is 30.3 Å². The second-order valence-electron chi connectivity index (χ2n) is 8.22. The van der Waals surface area contributed by atoms with E-state index in [-0.39, 0.29) is 19.5 Å². The molecule has 0 spiro atoms. The summed E-state index contributed by atoms with van der Waals surface area (Å²) in [6, 6.07) is 8.49. The summed E-state index contributed by atoms with van der Waals surface area (Å²) in [7, 11) is 0. The van der Waals surface area contributed by atoms with Crippen molar-refractivity contribution in [2.75, 3.05) is 26.2 Å². The second kappa shape index (κ2) is 9.32. The zero-order valence-electron chi connectivity index (χ0n) is 16.6. The lowest BCUT2D eigenvalue weighted by molar-refractivity contribution is -0.183. The van der Waals surface area contributed by atoms with Gasteiger partial charge in [0.05, 0.1) is 18.1 Å². The zero-order chi connectivity index (χ0) is 21.0. The van der Waals surface area contributed by atoms with Gasteiger partial charge < -0.3 is 25.8 Å². The molecule has 3 rings (SSSR count). The smallest absolute Gasteiger partial charge is 0.223 e. The normalized spacial score (nSPS) is 29.7. The number of nitrogens with two attached hydrogens (primary N) is 1. The Morgan fingerprint density at radius 3 is 2.52 bits per heavy atom. The van der Waals surface area contributed by atoms with Gasteiger partial charge in [0, 0.05) is 26.1 Å². The summed E-state index contributed by atoms with van der Waals surface area (Å²) in [5.74, 6) is -1.21. The van der Waals surface area contributed by atoms with Crippen LogP contribution in [-0.2, 0) is 16.0 Å². The van der Waals surface area contributed by atoms with Gasteiger partial charge >= 0.3 is 0 Å². The maximum Gasteiger partial charge on any atom is 0.223 e. The molecule has 1 aromatic carbocycles. The Balaban J connectivity index is 1.88. The first-order valence-corrected chi connectivity index (χ1v) is 10.2. The number of β-amino-alcohol motifs (C(OH)–C–C–N with tert-alkyl or cyclic N) is 2. The Hall–Kier alpha value is -1.84. The number of primary amides is 1. The zero-order valence-corrected chi connectivity index (χ0v) is 16.6. The van der Waals surface area contributed by atoms with Crippen LogP contribution >= 0.6 is 0 Å². The van der Waals surface area contributed by atoms with Crippen molar-refractivity contribution in [2.45, 2.75) is 49.7 Å². The molecule has 5 N–H and O–H groups in total. The number of aliphatic hydroxyl groups is 3. The van der Waals surface area contributed by atoms with Gasteiger partial charge in [0.25, 0.3) is 0 Å². The number of hydrogen-bond donors (Lipinski definition) is 4. The van der Waals surface area contributed by atoms with Gasteiger partial charge in [-0.1, -0.05) is 30.3 Å². The van der Waals surface area contributed by atoms with E-state index in [4.69, 9.17) is 5.73 Å². The molecule has 8 nitrogen and oxygen atoms in total. The Morgan fingerprint density at radius 2 is 1.93 bits per heavy atom. The number of rotatable bonds is 7. The van der Waals surface area contributed by atoms with E-state index in [2.05, 4.69) is 0 Å². The molecule has 29 heavy (non-hydrogen) atoms. The van der Waals surface area contributed by atoms with E-state index in [0.29, 0.717) is 32.2 Å². The molecule has 0 radical (unpaired) electrons. The summed E-state index contributed by atoms with van der Waals surface area (Å²) in [6.07, 6.45) is 1.06. The van der Waals surface area contributed by atoms with E-state index in [9.17, 15) is 24.9 Å². The molecule has 1 amide bonds. The lowest BCUT2D eigenvalue weighted by Crippen LogP contribution is -2.68. The Bertz CT molecular complexity index is 703. The third-order valence-corrected chi connectivity index (χ3v) is 6.23. The second-order valence-corrected chi connectivity index (χ2v) is 8.22. The van der Waals surface area contributed by atoms with Crippen molar-refractivity contribution in [3.05, 3.63) is 35.9 Å². The predicted molar refractivity (Wildman–Crippen MR) is 107 cm³/mol. The van der Waals surface area contributed by atoms with Crippen LogP contribution in [0, 0.1) is 5.92 Å². The molecule has 0 saturated carbocycles. The van der Waals surface area contributed by atoms with Crippen molar-refractivity contribution >= 4 is 12.2 Å². The summed E-state index contributed by atoms with van der Waals surface area (Å²) in [5.41, 5.74) is 4.68. The molecule has 0 aliphatic carbocycles. The topological polar surface area (TPSA) is 127 Å². The number of likely N-dealkylation sites (tertiary alicyclic amines) is 2. The lowest BCUT2D eigenvalue weighted by atomic mass is 9.87. The minimum absolute atomic E-state index is 0.0739. The van der Waals surface area contributed by atoms with Crippen molar-refractivity contribution < 1.29 is 24.9 Å². The summed E-state index contributed by atoms with van der Waals surface area (Å²) in [4.78, 5) is 27.2. The number of benzene rings is 1. The molecular weight excluding hydrogens is 374 g/mol. The van der Waals surface area contributed by atoms with Gasteiger partial charge in [-0.2, -0.15) is 0 Å². The molecule has 3 unspecified atom stereocenters.